The van der Waals surface area contributed by atoms with Gasteiger partial charge in [-0.3, -0.25) is 24.5 Å². The summed E-state index contributed by atoms with van der Waals surface area (Å²) in [6.07, 6.45) is 0. The van der Waals surface area contributed by atoms with E-state index < -0.39 is 22.6 Å². The maximum atomic E-state index is 12.8. The van der Waals surface area contributed by atoms with Crippen LogP contribution in [0.4, 0.5) is 17.1 Å². The Balaban J connectivity index is 1.61. The zero-order valence-electron chi connectivity index (χ0n) is 15.2. The van der Waals surface area contributed by atoms with Gasteiger partial charge in [0, 0.05) is 27.0 Å². The molecule has 4 rings (SSSR count). The summed E-state index contributed by atoms with van der Waals surface area (Å²) in [5.74, 6) is -1.52. The number of nitrogens with zero attached hydrogens (tertiary/aromatic N) is 2. The van der Waals surface area contributed by atoms with E-state index in [1.807, 2.05) is 0 Å². The van der Waals surface area contributed by atoms with Crippen molar-refractivity contribution in [3.8, 4) is 0 Å². The molecule has 148 valence electrons. The lowest BCUT2D eigenvalue weighted by atomic mass is 10.1. The lowest BCUT2D eigenvalue weighted by Crippen LogP contribution is -2.29. The minimum absolute atomic E-state index is 0.130. The molecule has 30 heavy (non-hydrogen) atoms. The van der Waals surface area contributed by atoms with Gasteiger partial charge in [0.2, 0.25) is 0 Å². The number of rotatable bonds is 4. The maximum absolute atomic E-state index is 12.8. The van der Waals surface area contributed by atoms with Gasteiger partial charge in [-0.15, -0.1) is 0 Å². The van der Waals surface area contributed by atoms with E-state index in [1.54, 1.807) is 24.3 Å². The highest BCUT2D eigenvalue weighted by molar-refractivity contribution is 14.1. The maximum Gasteiger partial charge on any atom is 0.271 e. The minimum atomic E-state index is -0.561. The van der Waals surface area contributed by atoms with Crippen molar-refractivity contribution in [3.63, 3.8) is 0 Å². The van der Waals surface area contributed by atoms with Crippen LogP contribution in [0.25, 0.3) is 0 Å². The number of non-ortho nitro benzene ring substituents is 1. The highest BCUT2D eigenvalue weighted by Crippen LogP contribution is 2.29. The minimum Gasteiger partial charge on any atom is -0.322 e. The monoisotopic (exact) mass is 513 g/mol. The van der Waals surface area contributed by atoms with Crippen LogP contribution in [-0.2, 0) is 0 Å². The second-order valence-corrected chi connectivity index (χ2v) is 7.69. The number of hydrogen-bond acceptors (Lipinski definition) is 5. The number of hydrogen-bond donors (Lipinski definition) is 1. The van der Waals surface area contributed by atoms with Crippen molar-refractivity contribution in [2.75, 3.05) is 10.2 Å². The summed E-state index contributed by atoms with van der Waals surface area (Å²) in [7, 11) is 0. The second-order valence-electron chi connectivity index (χ2n) is 6.44. The van der Waals surface area contributed by atoms with Crippen LogP contribution in [0, 0.1) is 13.7 Å². The van der Waals surface area contributed by atoms with Crippen LogP contribution in [-0.4, -0.2) is 22.6 Å². The molecular formula is C21H12IN3O5. The van der Waals surface area contributed by atoms with Gasteiger partial charge >= 0.3 is 0 Å². The van der Waals surface area contributed by atoms with E-state index in [4.69, 9.17) is 0 Å². The Hall–Kier alpha value is -3.60. The molecule has 1 N–H and O–H groups in total. The molecule has 0 aliphatic carbocycles. The first-order valence-corrected chi connectivity index (χ1v) is 9.77. The van der Waals surface area contributed by atoms with Gasteiger partial charge in [-0.1, -0.05) is 6.07 Å². The van der Waals surface area contributed by atoms with Gasteiger partial charge in [-0.05, 0) is 71.1 Å². The number of benzene rings is 3. The third-order valence-electron chi connectivity index (χ3n) is 4.55. The molecule has 0 spiro atoms. The number of halogens is 1. The standard InChI is InChI=1S/C21H12IN3O5/c22-13-5-7-15(8-6-13)24-20(27)17-9-4-12(10-18(17)21(24)28)19(26)23-14-2-1-3-16(11-14)25(29)30/h1-11H,(H,23,26). The molecule has 3 aromatic rings. The number of carbonyl (C=O) groups excluding carboxylic acids is 3. The summed E-state index contributed by atoms with van der Waals surface area (Å²) >= 11 is 2.13. The molecule has 0 saturated heterocycles. The van der Waals surface area contributed by atoms with E-state index >= 15 is 0 Å². The zero-order chi connectivity index (χ0) is 21.4. The molecule has 0 fully saturated rings. The zero-order valence-corrected chi connectivity index (χ0v) is 17.3. The van der Waals surface area contributed by atoms with Crippen molar-refractivity contribution < 1.29 is 19.3 Å². The summed E-state index contributed by atoms with van der Waals surface area (Å²) in [5, 5.41) is 13.5. The number of nitro groups is 1. The first kappa shape index (κ1) is 19.7. The molecule has 3 aromatic carbocycles. The van der Waals surface area contributed by atoms with Crippen LogP contribution in [0.15, 0.2) is 66.7 Å². The van der Waals surface area contributed by atoms with Gasteiger partial charge in [-0.25, -0.2) is 4.90 Å². The van der Waals surface area contributed by atoms with Crippen LogP contribution in [0.5, 0.6) is 0 Å². The fraction of sp³-hybridized carbons (Fsp3) is 0. The normalized spacial score (nSPS) is 12.6. The molecule has 0 bridgehead atoms. The van der Waals surface area contributed by atoms with Crippen LogP contribution in [0.2, 0.25) is 0 Å². The van der Waals surface area contributed by atoms with E-state index in [0.717, 1.165) is 8.47 Å². The SMILES string of the molecule is O=C(Nc1cccc([N+](=O)[O-])c1)c1ccc2c(c1)C(=O)N(c1ccc(I)cc1)C2=O. The molecule has 0 radical (unpaired) electrons. The first-order chi connectivity index (χ1) is 14.3. The van der Waals surface area contributed by atoms with Crippen LogP contribution < -0.4 is 10.2 Å². The van der Waals surface area contributed by atoms with Crippen molar-refractivity contribution in [1.29, 1.82) is 0 Å². The summed E-state index contributed by atoms with van der Waals surface area (Å²) in [6, 6.07) is 16.7. The third kappa shape index (κ3) is 3.54. The van der Waals surface area contributed by atoms with Crippen molar-refractivity contribution in [1.82, 2.24) is 0 Å². The van der Waals surface area contributed by atoms with E-state index in [1.165, 1.54) is 42.5 Å². The topological polar surface area (TPSA) is 110 Å². The lowest BCUT2D eigenvalue weighted by Gasteiger charge is -2.13. The highest BCUT2D eigenvalue weighted by Gasteiger charge is 2.37. The first-order valence-electron chi connectivity index (χ1n) is 8.69. The third-order valence-corrected chi connectivity index (χ3v) is 5.27. The highest BCUT2D eigenvalue weighted by atomic mass is 127. The molecule has 0 atom stereocenters. The Kier molecular flexibility index (Phi) is 5.04. The molecule has 1 aliphatic rings. The lowest BCUT2D eigenvalue weighted by molar-refractivity contribution is -0.384. The van der Waals surface area contributed by atoms with Gasteiger partial charge in [-0.2, -0.15) is 0 Å². The summed E-state index contributed by atoms with van der Waals surface area (Å²) in [5.41, 5.74) is 1.04. The van der Waals surface area contributed by atoms with Crippen LogP contribution >= 0.6 is 22.6 Å². The molecule has 3 amide bonds. The average molecular weight is 513 g/mol. The molecule has 0 aromatic heterocycles. The Labute approximate surface area is 183 Å². The molecule has 0 unspecified atom stereocenters. The number of nitro benzene ring substituents is 1. The van der Waals surface area contributed by atoms with Crippen LogP contribution in [0.1, 0.15) is 31.1 Å². The number of imide groups is 1. The van der Waals surface area contributed by atoms with Crippen molar-refractivity contribution in [3.05, 3.63) is 97.1 Å². The summed E-state index contributed by atoms with van der Waals surface area (Å²) in [6.45, 7) is 0. The van der Waals surface area contributed by atoms with E-state index in [0.29, 0.717) is 5.69 Å². The largest absolute Gasteiger partial charge is 0.322 e. The fourth-order valence-electron chi connectivity index (χ4n) is 3.11. The fourth-order valence-corrected chi connectivity index (χ4v) is 3.47. The number of fused-ring (bicyclic) bond motifs is 1. The average Bonchev–Trinajstić information content (AvgIpc) is 2.99. The van der Waals surface area contributed by atoms with E-state index in [2.05, 4.69) is 27.9 Å². The molecule has 9 heteroatoms. The Morgan fingerprint density at radius 1 is 0.933 bits per heavy atom. The van der Waals surface area contributed by atoms with E-state index in [-0.39, 0.29) is 28.1 Å². The number of anilines is 2. The summed E-state index contributed by atoms with van der Waals surface area (Å²) in [4.78, 5) is 49.5. The van der Waals surface area contributed by atoms with Gasteiger partial charge in [0.1, 0.15) is 0 Å². The van der Waals surface area contributed by atoms with Crippen molar-refractivity contribution >= 4 is 57.4 Å². The number of carbonyl (C=O) groups is 3. The molecule has 8 nitrogen and oxygen atoms in total. The predicted molar refractivity (Wildman–Crippen MR) is 118 cm³/mol. The Morgan fingerprint density at radius 3 is 2.33 bits per heavy atom. The Morgan fingerprint density at radius 2 is 1.63 bits per heavy atom. The number of nitrogens with one attached hydrogen (secondary N) is 1. The predicted octanol–water partition coefficient (Wildman–Crippen LogP) is 4.25. The molecule has 1 heterocycles. The molecular weight excluding hydrogens is 501 g/mol. The smallest absolute Gasteiger partial charge is 0.271 e. The molecule has 1 aliphatic heterocycles. The van der Waals surface area contributed by atoms with Gasteiger partial charge in [0.15, 0.2) is 0 Å². The molecule has 0 saturated carbocycles. The van der Waals surface area contributed by atoms with Crippen molar-refractivity contribution in [2.24, 2.45) is 0 Å². The Bertz CT molecular complexity index is 1220. The van der Waals surface area contributed by atoms with E-state index in [9.17, 15) is 24.5 Å². The van der Waals surface area contributed by atoms with Crippen molar-refractivity contribution in [2.45, 2.75) is 0 Å². The van der Waals surface area contributed by atoms with Gasteiger partial charge in [0.25, 0.3) is 23.4 Å². The number of amides is 3. The van der Waals surface area contributed by atoms with Gasteiger partial charge < -0.3 is 5.32 Å². The van der Waals surface area contributed by atoms with Gasteiger partial charge in [0.05, 0.1) is 21.7 Å². The quantitative estimate of drug-likeness (QED) is 0.243. The second kappa shape index (κ2) is 7.67. The summed E-state index contributed by atoms with van der Waals surface area (Å²) < 4.78 is 0.966. The van der Waals surface area contributed by atoms with Crippen LogP contribution in [0.3, 0.4) is 0 Å².